The Morgan fingerprint density at radius 3 is 2.39 bits per heavy atom. The molecule has 2 aliphatic carbocycles. The van der Waals surface area contributed by atoms with Gasteiger partial charge in [0, 0.05) is 12.6 Å². The Labute approximate surface area is 110 Å². The van der Waals surface area contributed by atoms with Crippen LogP contribution in [0.5, 0.6) is 5.75 Å². The molecule has 0 aliphatic heterocycles. The third-order valence-corrected chi connectivity index (χ3v) is 4.06. The molecule has 1 N–H and O–H groups in total. The minimum atomic E-state index is 0.781. The van der Waals surface area contributed by atoms with E-state index < -0.39 is 0 Å². The summed E-state index contributed by atoms with van der Waals surface area (Å²) in [7, 11) is 0. The molecule has 18 heavy (non-hydrogen) atoms. The molecule has 2 aliphatic rings. The van der Waals surface area contributed by atoms with E-state index in [-0.39, 0.29) is 0 Å². The van der Waals surface area contributed by atoms with Crippen LogP contribution in [0.25, 0.3) is 0 Å². The molecule has 3 rings (SSSR count). The first-order chi connectivity index (χ1) is 8.90. The summed E-state index contributed by atoms with van der Waals surface area (Å²) in [6.07, 6.45) is 8.18. The highest BCUT2D eigenvalue weighted by Crippen LogP contribution is 2.25. The zero-order valence-electron chi connectivity index (χ0n) is 11.0. The topological polar surface area (TPSA) is 21.3 Å². The van der Waals surface area contributed by atoms with Crippen molar-refractivity contribution < 1.29 is 4.74 Å². The van der Waals surface area contributed by atoms with Gasteiger partial charge in [-0.1, -0.05) is 25.0 Å². The molecule has 1 aromatic rings. The zero-order valence-corrected chi connectivity index (χ0v) is 11.0. The van der Waals surface area contributed by atoms with E-state index in [2.05, 4.69) is 29.6 Å². The molecule has 2 heteroatoms. The van der Waals surface area contributed by atoms with Crippen LogP contribution in [0.15, 0.2) is 24.3 Å². The Morgan fingerprint density at radius 2 is 1.72 bits per heavy atom. The van der Waals surface area contributed by atoms with Gasteiger partial charge in [0.05, 0.1) is 6.61 Å². The molecule has 0 bridgehead atoms. The molecule has 2 saturated carbocycles. The molecule has 0 unspecified atom stereocenters. The third kappa shape index (κ3) is 3.49. The van der Waals surface area contributed by atoms with Crippen molar-refractivity contribution >= 4 is 0 Å². The van der Waals surface area contributed by atoms with Crippen molar-refractivity contribution in [1.29, 1.82) is 0 Å². The Bertz CT molecular complexity index is 363. The minimum absolute atomic E-state index is 0.781. The Balaban J connectivity index is 1.44. The largest absolute Gasteiger partial charge is 0.493 e. The van der Waals surface area contributed by atoms with E-state index >= 15 is 0 Å². The molecule has 0 aromatic heterocycles. The smallest absolute Gasteiger partial charge is 0.119 e. The van der Waals surface area contributed by atoms with Crippen LogP contribution >= 0.6 is 0 Å². The molecular weight excluding hydrogens is 222 g/mol. The molecule has 0 saturated heterocycles. The second kappa shape index (κ2) is 5.75. The van der Waals surface area contributed by atoms with E-state index in [0.29, 0.717) is 0 Å². The lowest BCUT2D eigenvalue weighted by Gasteiger charge is -2.11. The average molecular weight is 245 g/mol. The van der Waals surface area contributed by atoms with Crippen LogP contribution in [0.2, 0.25) is 0 Å². The second-order valence-corrected chi connectivity index (χ2v) is 5.76. The molecular formula is C16H23NO. The highest BCUT2D eigenvalue weighted by atomic mass is 16.5. The number of hydrogen-bond acceptors (Lipinski definition) is 2. The van der Waals surface area contributed by atoms with E-state index in [1.165, 1.54) is 44.1 Å². The van der Waals surface area contributed by atoms with Gasteiger partial charge in [0.1, 0.15) is 5.75 Å². The number of rotatable bonds is 6. The molecule has 0 atom stereocenters. The zero-order chi connectivity index (χ0) is 12.2. The number of ether oxygens (including phenoxy) is 1. The summed E-state index contributed by atoms with van der Waals surface area (Å²) in [5, 5.41) is 3.53. The summed E-state index contributed by atoms with van der Waals surface area (Å²) in [5.74, 6) is 1.82. The summed E-state index contributed by atoms with van der Waals surface area (Å²) in [6.45, 7) is 1.90. The van der Waals surface area contributed by atoms with Crippen molar-refractivity contribution in [3.8, 4) is 5.75 Å². The maximum absolute atomic E-state index is 5.86. The highest BCUT2D eigenvalue weighted by molar-refractivity contribution is 5.27. The van der Waals surface area contributed by atoms with Gasteiger partial charge in [0.15, 0.2) is 0 Å². The number of benzene rings is 1. The van der Waals surface area contributed by atoms with E-state index in [0.717, 1.165) is 30.9 Å². The van der Waals surface area contributed by atoms with Gasteiger partial charge in [-0.05, 0) is 49.3 Å². The van der Waals surface area contributed by atoms with Crippen molar-refractivity contribution in [1.82, 2.24) is 5.32 Å². The highest BCUT2D eigenvalue weighted by Gasteiger charge is 2.19. The second-order valence-electron chi connectivity index (χ2n) is 5.76. The van der Waals surface area contributed by atoms with Crippen LogP contribution < -0.4 is 10.1 Å². The predicted octanol–water partition coefficient (Wildman–Crippen LogP) is 3.51. The van der Waals surface area contributed by atoms with E-state index in [1.807, 2.05) is 0 Å². The van der Waals surface area contributed by atoms with Gasteiger partial charge in [-0.25, -0.2) is 0 Å². The fourth-order valence-electron chi connectivity index (χ4n) is 2.64. The Hall–Kier alpha value is -1.02. The summed E-state index contributed by atoms with van der Waals surface area (Å²) >= 11 is 0. The van der Waals surface area contributed by atoms with Crippen molar-refractivity contribution in [2.45, 2.75) is 51.1 Å². The summed E-state index contributed by atoms with van der Waals surface area (Å²) in [4.78, 5) is 0. The van der Waals surface area contributed by atoms with Gasteiger partial charge in [-0.2, -0.15) is 0 Å². The van der Waals surface area contributed by atoms with Crippen LogP contribution in [0.4, 0.5) is 0 Å². The van der Waals surface area contributed by atoms with Crippen LogP contribution in [-0.4, -0.2) is 12.6 Å². The normalized spacial score (nSPS) is 20.2. The maximum atomic E-state index is 5.86. The molecule has 2 fully saturated rings. The van der Waals surface area contributed by atoms with Gasteiger partial charge >= 0.3 is 0 Å². The lowest BCUT2D eigenvalue weighted by atomic mass is 10.1. The van der Waals surface area contributed by atoms with Crippen LogP contribution in [0.3, 0.4) is 0 Å². The first-order valence-corrected chi connectivity index (χ1v) is 7.35. The van der Waals surface area contributed by atoms with Crippen LogP contribution in [0, 0.1) is 5.92 Å². The maximum Gasteiger partial charge on any atom is 0.119 e. The third-order valence-electron chi connectivity index (χ3n) is 4.06. The molecule has 98 valence electrons. The first kappa shape index (κ1) is 12.0. The van der Waals surface area contributed by atoms with E-state index in [1.54, 1.807) is 0 Å². The number of hydrogen-bond donors (Lipinski definition) is 1. The summed E-state index contributed by atoms with van der Waals surface area (Å²) < 4.78 is 5.86. The molecule has 0 spiro atoms. The quantitative estimate of drug-likeness (QED) is 0.828. The van der Waals surface area contributed by atoms with Crippen molar-refractivity contribution in [2.75, 3.05) is 6.61 Å². The Kier molecular flexibility index (Phi) is 3.84. The van der Waals surface area contributed by atoms with Crippen molar-refractivity contribution in [2.24, 2.45) is 5.92 Å². The summed E-state index contributed by atoms with van der Waals surface area (Å²) in [6, 6.07) is 9.36. The molecule has 0 amide bonds. The average Bonchev–Trinajstić information content (AvgIpc) is 3.09. The fourth-order valence-corrected chi connectivity index (χ4v) is 2.64. The van der Waals surface area contributed by atoms with Crippen molar-refractivity contribution in [3.05, 3.63) is 29.8 Å². The van der Waals surface area contributed by atoms with E-state index in [9.17, 15) is 0 Å². The first-order valence-electron chi connectivity index (χ1n) is 7.35. The monoisotopic (exact) mass is 245 g/mol. The number of nitrogens with one attached hydrogen (secondary N) is 1. The van der Waals surface area contributed by atoms with Gasteiger partial charge in [0.25, 0.3) is 0 Å². The SMILES string of the molecule is c1cc(OCC2CCCC2)ccc1CNC1CC1. The lowest BCUT2D eigenvalue weighted by Crippen LogP contribution is -2.15. The lowest BCUT2D eigenvalue weighted by molar-refractivity contribution is 0.252. The van der Waals surface area contributed by atoms with Crippen molar-refractivity contribution in [3.63, 3.8) is 0 Å². The standard InChI is InChI=1S/C16H23NO/c1-2-4-14(3-1)12-18-16-9-5-13(6-10-16)11-17-15-7-8-15/h5-6,9-10,14-15,17H,1-4,7-8,11-12H2. The summed E-state index contributed by atoms with van der Waals surface area (Å²) in [5.41, 5.74) is 1.36. The van der Waals surface area contributed by atoms with Gasteiger partial charge < -0.3 is 10.1 Å². The minimum Gasteiger partial charge on any atom is -0.493 e. The predicted molar refractivity (Wildman–Crippen MR) is 73.8 cm³/mol. The molecule has 0 radical (unpaired) electrons. The van der Waals surface area contributed by atoms with Gasteiger partial charge in [-0.15, -0.1) is 0 Å². The van der Waals surface area contributed by atoms with Gasteiger partial charge in [-0.3, -0.25) is 0 Å². The van der Waals surface area contributed by atoms with Gasteiger partial charge in [0.2, 0.25) is 0 Å². The molecule has 1 aromatic carbocycles. The molecule has 0 heterocycles. The molecule has 2 nitrogen and oxygen atoms in total. The van der Waals surface area contributed by atoms with Crippen LogP contribution in [0.1, 0.15) is 44.1 Å². The van der Waals surface area contributed by atoms with E-state index in [4.69, 9.17) is 4.74 Å². The fraction of sp³-hybridized carbons (Fsp3) is 0.625. The van der Waals surface area contributed by atoms with Crippen LogP contribution in [-0.2, 0) is 6.54 Å². The Morgan fingerprint density at radius 1 is 1.00 bits per heavy atom.